The lowest BCUT2D eigenvalue weighted by atomic mass is 10.4. The van der Waals surface area contributed by atoms with E-state index in [1.807, 2.05) is 6.20 Å². The summed E-state index contributed by atoms with van der Waals surface area (Å²) in [6, 6.07) is 3.50. The van der Waals surface area contributed by atoms with Crippen molar-refractivity contribution in [3.05, 3.63) is 24.5 Å². The third-order valence-corrected chi connectivity index (χ3v) is 2.03. The number of rotatable bonds is 1. The van der Waals surface area contributed by atoms with Crippen molar-refractivity contribution in [2.45, 2.75) is 0 Å². The Balaban J connectivity index is 2.27. The summed E-state index contributed by atoms with van der Waals surface area (Å²) in [6.07, 6.45) is 3.49. The smallest absolute Gasteiger partial charge is 0.255 e. The van der Waals surface area contributed by atoms with Crippen molar-refractivity contribution in [3.63, 3.8) is 0 Å². The van der Waals surface area contributed by atoms with E-state index in [0.29, 0.717) is 23.1 Å². The summed E-state index contributed by atoms with van der Waals surface area (Å²) in [5.41, 5.74) is 6.23. The molecule has 0 aliphatic heterocycles. The number of aromatic nitrogens is 6. The molecule has 0 saturated heterocycles. The standard InChI is InChI=1S/C8H7N7/c9-6-4-5(11-12-6)7-13-14-8-10-2-1-3-15(7)8/h1-4H,(H3,9,11,12). The Hall–Kier alpha value is -2.44. The van der Waals surface area contributed by atoms with E-state index in [9.17, 15) is 0 Å². The van der Waals surface area contributed by atoms with Gasteiger partial charge in [-0.05, 0) is 6.07 Å². The number of anilines is 1. The van der Waals surface area contributed by atoms with Gasteiger partial charge < -0.3 is 5.73 Å². The van der Waals surface area contributed by atoms with E-state index in [1.54, 1.807) is 22.7 Å². The van der Waals surface area contributed by atoms with Gasteiger partial charge in [-0.15, -0.1) is 10.2 Å². The molecule has 74 valence electrons. The summed E-state index contributed by atoms with van der Waals surface area (Å²) in [5, 5.41) is 14.5. The van der Waals surface area contributed by atoms with Crippen LogP contribution in [-0.2, 0) is 0 Å². The van der Waals surface area contributed by atoms with Crippen molar-refractivity contribution < 1.29 is 0 Å². The number of hydrogen-bond acceptors (Lipinski definition) is 5. The van der Waals surface area contributed by atoms with Crippen LogP contribution in [0.4, 0.5) is 5.82 Å². The molecule has 0 aliphatic carbocycles. The second kappa shape index (κ2) is 2.77. The molecule has 0 bridgehead atoms. The summed E-state index contributed by atoms with van der Waals surface area (Å²) in [4.78, 5) is 4.06. The first kappa shape index (κ1) is 7.92. The summed E-state index contributed by atoms with van der Waals surface area (Å²) >= 11 is 0. The lowest BCUT2D eigenvalue weighted by Crippen LogP contribution is -1.90. The molecular weight excluding hydrogens is 194 g/mol. The van der Waals surface area contributed by atoms with Crippen LogP contribution in [0.3, 0.4) is 0 Å². The lowest BCUT2D eigenvalue weighted by molar-refractivity contribution is 1.05. The fourth-order valence-corrected chi connectivity index (χ4v) is 1.38. The lowest BCUT2D eigenvalue weighted by Gasteiger charge is -1.93. The van der Waals surface area contributed by atoms with E-state index in [0.717, 1.165) is 0 Å². The van der Waals surface area contributed by atoms with E-state index >= 15 is 0 Å². The first-order valence-corrected chi connectivity index (χ1v) is 4.31. The zero-order valence-corrected chi connectivity index (χ0v) is 7.62. The third-order valence-electron chi connectivity index (χ3n) is 2.03. The molecule has 3 heterocycles. The fourth-order valence-electron chi connectivity index (χ4n) is 1.38. The number of nitrogens with two attached hydrogens (primary N) is 1. The van der Waals surface area contributed by atoms with Crippen LogP contribution in [0.5, 0.6) is 0 Å². The van der Waals surface area contributed by atoms with Crippen LogP contribution < -0.4 is 5.73 Å². The van der Waals surface area contributed by atoms with Gasteiger partial charge in [-0.2, -0.15) is 5.10 Å². The molecule has 7 nitrogen and oxygen atoms in total. The van der Waals surface area contributed by atoms with E-state index in [1.165, 1.54) is 0 Å². The van der Waals surface area contributed by atoms with Gasteiger partial charge in [0.2, 0.25) is 0 Å². The first-order valence-electron chi connectivity index (χ1n) is 4.31. The Kier molecular flexibility index (Phi) is 1.46. The molecule has 15 heavy (non-hydrogen) atoms. The van der Waals surface area contributed by atoms with Gasteiger partial charge in [-0.25, -0.2) is 4.98 Å². The average molecular weight is 201 g/mol. The molecule has 0 amide bonds. The maximum Gasteiger partial charge on any atom is 0.255 e. The molecule has 0 radical (unpaired) electrons. The second-order valence-corrected chi connectivity index (χ2v) is 3.02. The molecule has 3 aromatic heterocycles. The van der Waals surface area contributed by atoms with Gasteiger partial charge in [-0.3, -0.25) is 9.50 Å². The van der Waals surface area contributed by atoms with Crippen molar-refractivity contribution in [1.82, 2.24) is 29.8 Å². The predicted molar refractivity (Wildman–Crippen MR) is 52.8 cm³/mol. The highest BCUT2D eigenvalue weighted by Gasteiger charge is 2.09. The highest BCUT2D eigenvalue weighted by atomic mass is 15.3. The Labute approximate surface area is 84.0 Å². The number of aromatic amines is 1. The van der Waals surface area contributed by atoms with Gasteiger partial charge in [0.05, 0.1) is 0 Å². The fraction of sp³-hybridized carbons (Fsp3) is 0. The molecular formula is C8H7N7. The number of nitrogens with zero attached hydrogens (tertiary/aromatic N) is 5. The highest BCUT2D eigenvalue weighted by molar-refractivity contribution is 5.56. The summed E-state index contributed by atoms with van der Waals surface area (Å²) in [5.74, 6) is 1.61. The van der Waals surface area contributed by atoms with Crippen LogP contribution in [0.2, 0.25) is 0 Å². The average Bonchev–Trinajstić information content (AvgIpc) is 2.83. The largest absolute Gasteiger partial charge is 0.382 e. The molecule has 7 heteroatoms. The van der Waals surface area contributed by atoms with Crippen LogP contribution in [0.25, 0.3) is 17.3 Å². The molecule has 0 aliphatic rings. The van der Waals surface area contributed by atoms with Crippen molar-refractivity contribution in [3.8, 4) is 11.5 Å². The molecule has 0 atom stereocenters. The number of hydrogen-bond donors (Lipinski definition) is 2. The molecule has 0 fully saturated rings. The molecule has 0 spiro atoms. The van der Waals surface area contributed by atoms with Crippen molar-refractivity contribution in [1.29, 1.82) is 0 Å². The van der Waals surface area contributed by atoms with Crippen LogP contribution in [0.15, 0.2) is 24.5 Å². The van der Waals surface area contributed by atoms with Crippen LogP contribution in [0.1, 0.15) is 0 Å². The molecule has 3 rings (SSSR count). The van der Waals surface area contributed by atoms with E-state index < -0.39 is 0 Å². The van der Waals surface area contributed by atoms with Crippen LogP contribution >= 0.6 is 0 Å². The van der Waals surface area contributed by atoms with Crippen molar-refractivity contribution >= 4 is 11.6 Å². The maximum absolute atomic E-state index is 5.51. The minimum atomic E-state index is 0.422. The number of nitrogen functional groups attached to an aromatic ring is 1. The third kappa shape index (κ3) is 1.13. The van der Waals surface area contributed by atoms with E-state index in [-0.39, 0.29) is 0 Å². The summed E-state index contributed by atoms with van der Waals surface area (Å²) in [7, 11) is 0. The Morgan fingerprint density at radius 2 is 2.27 bits per heavy atom. The van der Waals surface area contributed by atoms with E-state index in [4.69, 9.17) is 5.73 Å². The number of fused-ring (bicyclic) bond motifs is 1. The van der Waals surface area contributed by atoms with Crippen molar-refractivity contribution in [2.75, 3.05) is 5.73 Å². The zero-order valence-electron chi connectivity index (χ0n) is 7.62. The summed E-state index contributed by atoms with van der Waals surface area (Å²) < 4.78 is 1.76. The SMILES string of the molecule is Nc1cc(-c2nnc3ncccn23)[nH]n1. The van der Waals surface area contributed by atoms with E-state index in [2.05, 4.69) is 25.4 Å². The Morgan fingerprint density at radius 3 is 3.07 bits per heavy atom. The quantitative estimate of drug-likeness (QED) is 0.581. The van der Waals surface area contributed by atoms with Crippen molar-refractivity contribution in [2.24, 2.45) is 0 Å². The first-order chi connectivity index (χ1) is 7.34. The normalized spacial score (nSPS) is 10.9. The molecule has 3 N–H and O–H groups in total. The van der Waals surface area contributed by atoms with Gasteiger partial charge in [0, 0.05) is 18.5 Å². The molecule has 0 aromatic carbocycles. The molecule has 3 aromatic rings. The molecule has 0 saturated carbocycles. The topological polar surface area (TPSA) is 97.8 Å². The Morgan fingerprint density at radius 1 is 1.33 bits per heavy atom. The maximum atomic E-state index is 5.51. The highest BCUT2D eigenvalue weighted by Crippen LogP contribution is 2.15. The second-order valence-electron chi connectivity index (χ2n) is 3.02. The van der Waals surface area contributed by atoms with Crippen LogP contribution in [-0.4, -0.2) is 29.8 Å². The number of nitrogens with one attached hydrogen (secondary N) is 1. The summed E-state index contributed by atoms with van der Waals surface area (Å²) in [6.45, 7) is 0. The van der Waals surface area contributed by atoms with Crippen LogP contribution in [0, 0.1) is 0 Å². The number of H-pyrrole nitrogens is 1. The Bertz CT molecular complexity index is 608. The zero-order chi connectivity index (χ0) is 10.3. The molecule has 0 unspecified atom stereocenters. The minimum Gasteiger partial charge on any atom is -0.382 e. The van der Waals surface area contributed by atoms with Gasteiger partial charge in [0.1, 0.15) is 11.5 Å². The van der Waals surface area contributed by atoms with Gasteiger partial charge >= 0.3 is 0 Å². The monoisotopic (exact) mass is 201 g/mol. The van der Waals surface area contributed by atoms with Gasteiger partial charge in [0.25, 0.3) is 5.78 Å². The minimum absolute atomic E-state index is 0.422. The predicted octanol–water partition coefficient (Wildman–Crippen LogP) is 0.0966. The van der Waals surface area contributed by atoms with Gasteiger partial charge in [-0.1, -0.05) is 0 Å². The van der Waals surface area contributed by atoms with Gasteiger partial charge in [0.15, 0.2) is 5.82 Å².